The van der Waals surface area contributed by atoms with E-state index in [4.69, 9.17) is 4.84 Å². The Balaban J connectivity index is 0. The van der Waals surface area contributed by atoms with Crippen molar-refractivity contribution in [2.75, 3.05) is 7.11 Å². The summed E-state index contributed by atoms with van der Waals surface area (Å²) in [6, 6.07) is 5.75. The van der Waals surface area contributed by atoms with Gasteiger partial charge in [0.1, 0.15) is 7.11 Å². The number of hydrogen-bond acceptors (Lipinski definition) is 1. The molecule has 0 saturated heterocycles. The third-order valence-corrected chi connectivity index (χ3v) is 0.899. The van der Waals surface area contributed by atoms with Gasteiger partial charge in [-0.1, -0.05) is 33.8 Å². The van der Waals surface area contributed by atoms with Gasteiger partial charge in [-0.15, -0.1) is 0 Å². The van der Waals surface area contributed by atoms with Crippen LogP contribution in [0.3, 0.4) is 0 Å². The number of nitrogens with zero attached hydrogens (tertiary/aromatic N) is 1. The Morgan fingerprint density at radius 3 is 1.50 bits per heavy atom. The van der Waals surface area contributed by atoms with Crippen molar-refractivity contribution in [2.45, 2.75) is 27.7 Å². The SMILES string of the molecule is CC.CC.CO[n+]1ccccc1. The van der Waals surface area contributed by atoms with Crippen LogP contribution in [-0.4, -0.2) is 7.11 Å². The van der Waals surface area contributed by atoms with Crippen molar-refractivity contribution in [1.29, 1.82) is 0 Å². The maximum absolute atomic E-state index is 4.83. The van der Waals surface area contributed by atoms with Gasteiger partial charge < -0.3 is 0 Å². The van der Waals surface area contributed by atoms with Gasteiger partial charge in [0.2, 0.25) is 12.4 Å². The van der Waals surface area contributed by atoms with Crippen LogP contribution in [0.5, 0.6) is 0 Å². The summed E-state index contributed by atoms with van der Waals surface area (Å²) in [5.41, 5.74) is 0. The second-order valence-electron chi connectivity index (χ2n) is 1.42. The molecule has 0 aliphatic carbocycles. The minimum atomic E-state index is 1.62. The molecule has 0 unspecified atom stereocenters. The molecule has 12 heavy (non-hydrogen) atoms. The third kappa shape index (κ3) is 7.06. The number of aromatic nitrogens is 1. The lowest BCUT2D eigenvalue weighted by Crippen LogP contribution is -2.38. The molecule has 1 heterocycles. The molecule has 0 bridgehead atoms. The Bertz CT molecular complexity index is 151. The molecule has 70 valence electrons. The zero-order chi connectivity index (χ0) is 9.82. The van der Waals surface area contributed by atoms with Gasteiger partial charge in [-0.25, -0.2) is 0 Å². The van der Waals surface area contributed by atoms with E-state index in [0.29, 0.717) is 0 Å². The van der Waals surface area contributed by atoms with Crippen LogP contribution < -0.4 is 9.57 Å². The quantitative estimate of drug-likeness (QED) is 0.588. The zero-order valence-corrected chi connectivity index (χ0v) is 8.74. The van der Waals surface area contributed by atoms with E-state index in [2.05, 4.69) is 0 Å². The molecule has 0 spiro atoms. The first-order chi connectivity index (χ1) is 5.93. The van der Waals surface area contributed by atoms with Crippen molar-refractivity contribution in [1.82, 2.24) is 0 Å². The number of hydrogen-bond donors (Lipinski definition) is 0. The van der Waals surface area contributed by atoms with Crippen molar-refractivity contribution in [3.05, 3.63) is 30.6 Å². The van der Waals surface area contributed by atoms with Crippen LogP contribution in [0.25, 0.3) is 0 Å². The van der Waals surface area contributed by atoms with Crippen LogP contribution >= 0.6 is 0 Å². The largest absolute Gasteiger partial charge is 0.275 e. The first-order valence-corrected chi connectivity index (χ1v) is 4.44. The standard InChI is InChI=1S/C6H8NO.2C2H6/c1-8-7-5-3-2-4-6-7;2*1-2/h2-6H,1H3;2*1-2H3/q+1;;. The summed E-state index contributed by atoms with van der Waals surface area (Å²) < 4.78 is 1.62. The summed E-state index contributed by atoms with van der Waals surface area (Å²) in [5.74, 6) is 0. The van der Waals surface area contributed by atoms with E-state index >= 15 is 0 Å². The normalized spacial score (nSPS) is 6.75. The number of rotatable bonds is 1. The fourth-order valence-corrected chi connectivity index (χ4v) is 0.505. The molecule has 1 rings (SSSR count). The minimum absolute atomic E-state index is 1.62. The van der Waals surface area contributed by atoms with E-state index in [9.17, 15) is 0 Å². The summed E-state index contributed by atoms with van der Waals surface area (Å²) >= 11 is 0. The molecule has 0 radical (unpaired) electrons. The Kier molecular flexibility index (Phi) is 14.2. The average molecular weight is 170 g/mol. The van der Waals surface area contributed by atoms with Gasteiger partial charge in [0.25, 0.3) is 0 Å². The molecule has 1 aromatic heterocycles. The fraction of sp³-hybridized carbons (Fsp3) is 0.500. The van der Waals surface area contributed by atoms with E-state index in [1.807, 2.05) is 58.3 Å². The minimum Gasteiger partial charge on any atom is -0.275 e. The molecular formula is C10H20NO+. The third-order valence-electron chi connectivity index (χ3n) is 0.899. The van der Waals surface area contributed by atoms with Crippen molar-refractivity contribution >= 4 is 0 Å². The monoisotopic (exact) mass is 170 g/mol. The van der Waals surface area contributed by atoms with Crippen LogP contribution in [0.15, 0.2) is 30.6 Å². The molecule has 2 nitrogen and oxygen atoms in total. The fourth-order valence-electron chi connectivity index (χ4n) is 0.505. The molecule has 0 atom stereocenters. The topological polar surface area (TPSA) is 13.1 Å². The molecule has 0 N–H and O–H groups in total. The van der Waals surface area contributed by atoms with E-state index in [1.54, 1.807) is 11.8 Å². The van der Waals surface area contributed by atoms with Crippen LogP contribution in [0.4, 0.5) is 0 Å². The van der Waals surface area contributed by atoms with Crippen molar-refractivity contribution in [2.24, 2.45) is 0 Å². The summed E-state index contributed by atoms with van der Waals surface area (Å²) in [4.78, 5) is 4.83. The molecule has 0 amide bonds. The molecule has 0 aromatic carbocycles. The van der Waals surface area contributed by atoms with E-state index in [1.165, 1.54) is 0 Å². The maximum atomic E-state index is 4.83. The summed E-state index contributed by atoms with van der Waals surface area (Å²) in [5, 5.41) is 0. The predicted octanol–water partition coefficient (Wildman–Crippen LogP) is 2.08. The summed E-state index contributed by atoms with van der Waals surface area (Å²) in [6.07, 6.45) is 3.67. The molecule has 0 aliphatic heterocycles. The van der Waals surface area contributed by atoms with E-state index in [-0.39, 0.29) is 0 Å². The zero-order valence-electron chi connectivity index (χ0n) is 8.74. The predicted molar refractivity (Wildman–Crippen MR) is 51.8 cm³/mol. The highest BCUT2D eigenvalue weighted by Crippen LogP contribution is 1.72. The average Bonchev–Trinajstić information content (AvgIpc) is 2.25. The van der Waals surface area contributed by atoms with Crippen LogP contribution in [0.2, 0.25) is 0 Å². The second-order valence-corrected chi connectivity index (χ2v) is 1.42. The van der Waals surface area contributed by atoms with Crippen molar-refractivity contribution in [3.63, 3.8) is 0 Å². The molecule has 1 aromatic rings. The smallest absolute Gasteiger partial charge is 0.222 e. The molecule has 0 saturated carbocycles. The van der Waals surface area contributed by atoms with Gasteiger partial charge in [-0.3, -0.25) is 4.84 Å². The second kappa shape index (κ2) is 12.6. The lowest BCUT2D eigenvalue weighted by molar-refractivity contribution is -0.885. The highest BCUT2D eigenvalue weighted by atomic mass is 16.6. The van der Waals surface area contributed by atoms with Gasteiger partial charge in [0.05, 0.1) is 0 Å². The first kappa shape index (κ1) is 13.5. The van der Waals surface area contributed by atoms with E-state index < -0.39 is 0 Å². The van der Waals surface area contributed by atoms with Gasteiger partial charge in [-0.05, 0) is 0 Å². The molecular weight excluding hydrogens is 150 g/mol. The van der Waals surface area contributed by atoms with Crippen LogP contribution in [-0.2, 0) is 0 Å². The maximum Gasteiger partial charge on any atom is 0.222 e. The van der Waals surface area contributed by atoms with Crippen LogP contribution in [0.1, 0.15) is 27.7 Å². The Morgan fingerprint density at radius 2 is 1.25 bits per heavy atom. The first-order valence-electron chi connectivity index (χ1n) is 4.44. The lowest BCUT2D eigenvalue weighted by atomic mass is 10.5. The van der Waals surface area contributed by atoms with Gasteiger partial charge in [0, 0.05) is 16.9 Å². The highest BCUT2D eigenvalue weighted by molar-refractivity contribution is 4.83. The Labute approximate surface area is 75.8 Å². The molecule has 0 fully saturated rings. The van der Waals surface area contributed by atoms with Crippen LogP contribution in [0, 0.1) is 0 Å². The molecule has 2 heteroatoms. The highest BCUT2D eigenvalue weighted by Gasteiger charge is 1.88. The van der Waals surface area contributed by atoms with Gasteiger partial charge in [-0.2, -0.15) is 0 Å². The Hall–Kier alpha value is -1.05. The summed E-state index contributed by atoms with van der Waals surface area (Å²) in [6.45, 7) is 8.00. The molecule has 0 aliphatic rings. The number of pyridine rings is 1. The van der Waals surface area contributed by atoms with Crippen molar-refractivity contribution < 1.29 is 9.57 Å². The van der Waals surface area contributed by atoms with E-state index in [0.717, 1.165) is 0 Å². The summed E-state index contributed by atoms with van der Waals surface area (Å²) in [7, 11) is 1.62. The van der Waals surface area contributed by atoms with Gasteiger partial charge in [0.15, 0.2) is 0 Å². The lowest BCUT2D eigenvalue weighted by Gasteiger charge is -1.84. The Morgan fingerprint density at radius 1 is 0.833 bits per heavy atom. The van der Waals surface area contributed by atoms with Crippen molar-refractivity contribution in [3.8, 4) is 0 Å². The van der Waals surface area contributed by atoms with Gasteiger partial charge >= 0.3 is 0 Å².